The van der Waals surface area contributed by atoms with Crippen molar-refractivity contribution in [1.82, 2.24) is 5.32 Å². The smallest absolute Gasteiger partial charge is 0.203 e. The van der Waals surface area contributed by atoms with Crippen LogP contribution in [0.5, 0.6) is 17.2 Å². The van der Waals surface area contributed by atoms with Gasteiger partial charge in [-0.3, -0.25) is 0 Å². The minimum absolute atomic E-state index is 0.657. The lowest BCUT2D eigenvalue weighted by molar-refractivity contribution is 0.321. The van der Waals surface area contributed by atoms with Gasteiger partial charge < -0.3 is 19.5 Å². The van der Waals surface area contributed by atoms with Crippen molar-refractivity contribution in [2.45, 2.75) is 26.3 Å². The van der Waals surface area contributed by atoms with Crippen LogP contribution in [-0.4, -0.2) is 27.9 Å². The van der Waals surface area contributed by atoms with E-state index in [-0.39, 0.29) is 0 Å². The molecule has 0 aromatic heterocycles. The average molecular weight is 279 g/mol. The van der Waals surface area contributed by atoms with Crippen molar-refractivity contribution in [3.63, 3.8) is 0 Å². The minimum atomic E-state index is 0.657. The van der Waals surface area contributed by atoms with Crippen LogP contribution >= 0.6 is 0 Å². The van der Waals surface area contributed by atoms with Gasteiger partial charge in [-0.05, 0) is 37.3 Å². The molecule has 0 amide bonds. The van der Waals surface area contributed by atoms with Gasteiger partial charge in [-0.2, -0.15) is 0 Å². The van der Waals surface area contributed by atoms with E-state index in [2.05, 4.69) is 12.2 Å². The van der Waals surface area contributed by atoms with Gasteiger partial charge in [-0.1, -0.05) is 13.0 Å². The van der Waals surface area contributed by atoms with Crippen LogP contribution < -0.4 is 19.5 Å². The first-order valence-electron chi connectivity index (χ1n) is 7.19. The molecule has 1 saturated carbocycles. The van der Waals surface area contributed by atoms with E-state index in [4.69, 9.17) is 14.2 Å². The standard InChI is InChI=1S/C16H25NO3/c1-11(12-5-6-12)9-17-10-13-7-8-14(18-2)16(20-4)15(13)19-3/h7-8,11-12,17H,5-6,9-10H2,1-4H3. The quantitative estimate of drug-likeness (QED) is 0.794. The lowest BCUT2D eigenvalue weighted by Gasteiger charge is -2.17. The number of benzene rings is 1. The predicted octanol–water partition coefficient (Wildman–Crippen LogP) is 2.85. The number of methoxy groups -OCH3 is 3. The van der Waals surface area contributed by atoms with E-state index in [9.17, 15) is 0 Å². The highest BCUT2D eigenvalue weighted by Crippen LogP contribution is 2.40. The zero-order valence-electron chi connectivity index (χ0n) is 12.9. The summed E-state index contributed by atoms with van der Waals surface area (Å²) in [5, 5.41) is 3.51. The third kappa shape index (κ3) is 3.37. The van der Waals surface area contributed by atoms with Gasteiger partial charge in [0, 0.05) is 12.1 Å². The van der Waals surface area contributed by atoms with Gasteiger partial charge in [0.1, 0.15) is 0 Å². The molecule has 1 aromatic carbocycles. The van der Waals surface area contributed by atoms with Crippen molar-refractivity contribution in [1.29, 1.82) is 0 Å². The van der Waals surface area contributed by atoms with Gasteiger partial charge in [0.25, 0.3) is 0 Å². The summed E-state index contributed by atoms with van der Waals surface area (Å²) >= 11 is 0. The molecule has 0 heterocycles. The fraction of sp³-hybridized carbons (Fsp3) is 0.625. The van der Waals surface area contributed by atoms with Crippen LogP contribution in [0.2, 0.25) is 0 Å². The normalized spacial score (nSPS) is 15.8. The Morgan fingerprint density at radius 1 is 1.10 bits per heavy atom. The van der Waals surface area contributed by atoms with Crippen molar-refractivity contribution in [3.8, 4) is 17.2 Å². The van der Waals surface area contributed by atoms with Crippen molar-refractivity contribution in [3.05, 3.63) is 17.7 Å². The maximum atomic E-state index is 5.48. The first kappa shape index (κ1) is 15.0. The summed E-state index contributed by atoms with van der Waals surface area (Å²) in [6.45, 7) is 4.14. The first-order valence-corrected chi connectivity index (χ1v) is 7.19. The fourth-order valence-corrected chi connectivity index (χ4v) is 2.57. The minimum Gasteiger partial charge on any atom is -0.493 e. The van der Waals surface area contributed by atoms with Crippen LogP contribution in [0.3, 0.4) is 0 Å². The highest BCUT2D eigenvalue weighted by Gasteiger charge is 2.27. The molecule has 1 aromatic rings. The van der Waals surface area contributed by atoms with Crippen LogP contribution in [0.15, 0.2) is 12.1 Å². The Morgan fingerprint density at radius 2 is 1.80 bits per heavy atom. The van der Waals surface area contributed by atoms with Gasteiger partial charge >= 0.3 is 0 Å². The second kappa shape index (κ2) is 6.84. The van der Waals surface area contributed by atoms with Crippen molar-refractivity contribution >= 4 is 0 Å². The number of nitrogens with one attached hydrogen (secondary N) is 1. The Kier molecular flexibility index (Phi) is 5.12. The number of hydrogen-bond donors (Lipinski definition) is 1. The lowest BCUT2D eigenvalue weighted by atomic mass is 10.1. The highest BCUT2D eigenvalue weighted by atomic mass is 16.5. The summed E-state index contributed by atoms with van der Waals surface area (Å²) in [5.41, 5.74) is 1.09. The predicted molar refractivity (Wildman–Crippen MR) is 79.7 cm³/mol. The Morgan fingerprint density at radius 3 is 2.35 bits per heavy atom. The second-order valence-electron chi connectivity index (χ2n) is 5.44. The molecule has 112 valence electrons. The molecule has 0 radical (unpaired) electrons. The van der Waals surface area contributed by atoms with Crippen LogP contribution in [-0.2, 0) is 6.54 Å². The highest BCUT2D eigenvalue weighted by molar-refractivity contribution is 5.55. The molecule has 1 aliphatic carbocycles. The second-order valence-corrected chi connectivity index (χ2v) is 5.44. The van der Waals surface area contributed by atoms with Crippen molar-refractivity contribution in [2.75, 3.05) is 27.9 Å². The maximum Gasteiger partial charge on any atom is 0.203 e. The Bertz CT molecular complexity index is 444. The van der Waals surface area contributed by atoms with E-state index in [1.165, 1.54) is 12.8 Å². The molecular formula is C16H25NO3. The molecule has 4 nitrogen and oxygen atoms in total. The average Bonchev–Trinajstić information content (AvgIpc) is 3.30. The lowest BCUT2D eigenvalue weighted by Crippen LogP contribution is -2.22. The van der Waals surface area contributed by atoms with E-state index >= 15 is 0 Å². The fourth-order valence-electron chi connectivity index (χ4n) is 2.57. The van der Waals surface area contributed by atoms with Crippen LogP contribution in [0, 0.1) is 11.8 Å². The van der Waals surface area contributed by atoms with Gasteiger partial charge in [-0.15, -0.1) is 0 Å². The van der Waals surface area contributed by atoms with E-state index in [0.717, 1.165) is 36.2 Å². The topological polar surface area (TPSA) is 39.7 Å². The van der Waals surface area contributed by atoms with Crippen LogP contribution in [0.25, 0.3) is 0 Å². The molecule has 1 aliphatic rings. The Balaban J connectivity index is 2.02. The molecule has 0 aliphatic heterocycles. The summed E-state index contributed by atoms with van der Waals surface area (Å²) in [4.78, 5) is 0. The molecule has 0 saturated heterocycles. The van der Waals surface area contributed by atoms with E-state index < -0.39 is 0 Å². The van der Waals surface area contributed by atoms with Gasteiger partial charge in [0.05, 0.1) is 21.3 Å². The monoisotopic (exact) mass is 279 g/mol. The van der Waals surface area contributed by atoms with Crippen molar-refractivity contribution < 1.29 is 14.2 Å². The molecule has 0 bridgehead atoms. The largest absolute Gasteiger partial charge is 0.493 e. The molecular weight excluding hydrogens is 254 g/mol. The zero-order valence-corrected chi connectivity index (χ0v) is 12.9. The van der Waals surface area contributed by atoms with E-state index in [1.807, 2.05) is 12.1 Å². The molecule has 1 N–H and O–H groups in total. The molecule has 2 rings (SSSR count). The maximum absolute atomic E-state index is 5.48. The first-order chi connectivity index (χ1) is 9.71. The van der Waals surface area contributed by atoms with Gasteiger partial charge in [-0.25, -0.2) is 0 Å². The molecule has 0 spiro atoms. The summed E-state index contributed by atoms with van der Waals surface area (Å²) in [6, 6.07) is 3.94. The summed E-state index contributed by atoms with van der Waals surface area (Å²) in [5.74, 6) is 3.78. The number of hydrogen-bond acceptors (Lipinski definition) is 4. The molecule has 1 fully saturated rings. The van der Waals surface area contributed by atoms with Crippen LogP contribution in [0.4, 0.5) is 0 Å². The summed E-state index contributed by atoms with van der Waals surface area (Å²) in [7, 11) is 4.92. The summed E-state index contributed by atoms with van der Waals surface area (Å²) < 4.78 is 16.2. The molecule has 1 atom stereocenters. The third-order valence-electron chi connectivity index (χ3n) is 3.99. The molecule has 20 heavy (non-hydrogen) atoms. The molecule has 1 unspecified atom stereocenters. The Hall–Kier alpha value is -1.42. The van der Waals surface area contributed by atoms with E-state index in [1.54, 1.807) is 21.3 Å². The number of rotatable bonds is 8. The van der Waals surface area contributed by atoms with E-state index in [0.29, 0.717) is 11.5 Å². The zero-order chi connectivity index (χ0) is 14.5. The molecule has 4 heteroatoms. The SMILES string of the molecule is COc1ccc(CNCC(C)C2CC2)c(OC)c1OC. The van der Waals surface area contributed by atoms with Crippen molar-refractivity contribution in [2.24, 2.45) is 11.8 Å². The van der Waals surface area contributed by atoms with Gasteiger partial charge in [0.15, 0.2) is 11.5 Å². The third-order valence-corrected chi connectivity index (χ3v) is 3.99. The Labute approximate surface area is 121 Å². The summed E-state index contributed by atoms with van der Waals surface area (Å²) in [6.07, 6.45) is 2.78. The van der Waals surface area contributed by atoms with Gasteiger partial charge in [0.2, 0.25) is 5.75 Å². The number of ether oxygens (including phenoxy) is 3. The van der Waals surface area contributed by atoms with Crippen LogP contribution in [0.1, 0.15) is 25.3 Å².